The van der Waals surface area contributed by atoms with Crippen molar-refractivity contribution in [3.63, 3.8) is 0 Å². The molecule has 0 bridgehead atoms. The minimum absolute atomic E-state index is 0.116. The molecule has 0 atom stereocenters. The molecule has 0 N–H and O–H groups in total. The van der Waals surface area contributed by atoms with Gasteiger partial charge in [-0.1, -0.05) is 43.7 Å². The lowest BCUT2D eigenvalue weighted by Crippen LogP contribution is -2.07. The largest absolute Gasteiger partial charge is 0.465 e. The van der Waals surface area contributed by atoms with Crippen molar-refractivity contribution in [2.75, 3.05) is 6.61 Å². The van der Waals surface area contributed by atoms with Gasteiger partial charge in [0.1, 0.15) is 0 Å². The molecule has 0 unspecified atom stereocenters. The van der Waals surface area contributed by atoms with Crippen LogP contribution < -0.4 is 0 Å². The first kappa shape index (κ1) is 11.8. The van der Waals surface area contributed by atoms with Gasteiger partial charge in [0.05, 0.1) is 6.61 Å². The van der Waals surface area contributed by atoms with Gasteiger partial charge < -0.3 is 4.74 Å². The molecule has 81 valence electrons. The lowest BCUT2D eigenvalue weighted by molar-refractivity contribution is -0.143. The van der Waals surface area contributed by atoms with Crippen LogP contribution in [0.1, 0.15) is 24.8 Å². The van der Waals surface area contributed by atoms with Crippen LogP contribution in [-0.2, 0) is 16.0 Å². The number of benzene rings is 1. The van der Waals surface area contributed by atoms with E-state index in [1.54, 1.807) is 0 Å². The van der Waals surface area contributed by atoms with E-state index in [0.717, 1.165) is 19.3 Å². The van der Waals surface area contributed by atoms with Gasteiger partial charge >= 0.3 is 5.97 Å². The third-order valence-corrected chi connectivity index (χ3v) is 2.13. The average molecular weight is 205 g/mol. The normalized spacial score (nSPS) is 9.93. The smallest absolute Gasteiger partial charge is 0.305 e. The standard InChI is InChI=1S/C13H17O2/c1-2-3-9-13(14)15-11-10-12-7-5-4-6-8-12/h4-8H,1-3,9-11H2. The number of hydrogen-bond acceptors (Lipinski definition) is 2. The van der Waals surface area contributed by atoms with Gasteiger partial charge in [0.15, 0.2) is 0 Å². The van der Waals surface area contributed by atoms with E-state index in [4.69, 9.17) is 4.74 Å². The highest BCUT2D eigenvalue weighted by Gasteiger charge is 2.01. The van der Waals surface area contributed by atoms with E-state index >= 15 is 0 Å². The molecule has 0 aliphatic heterocycles. The number of unbranched alkanes of at least 4 members (excludes halogenated alkanes) is 1. The summed E-state index contributed by atoms with van der Waals surface area (Å²) >= 11 is 0. The third kappa shape index (κ3) is 5.21. The Kier molecular flexibility index (Phi) is 5.52. The number of hydrogen-bond donors (Lipinski definition) is 0. The van der Waals surface area contributed by atoms with Crippen LogP contribution in [0.5, 0.6) is 0 Å². The second-order valence-corrected chi connectivity index (χ2v) is 3.41. The summed E-state index contributed by atoms with van der Waals surface area (Å²) in [5, 5.41) is 0. The number of carbonyl (C=O) groups excluding carboxylic acids is 1. The summed E-state index contributed by atoms with van der Waals surface area (Å²) < 4.78 is 5.08. The van der Waals surface area contributed by atoms with Crippen LogP contribution in [0.15, 0.2) is 30.3 Å². The zero-order valence-electron chi connectivity index (χ0n) is 8.95. The first-order valence-electron chi connectivity index (χ1n) is 5.31. The molecule has 0 fully saturated rings. The lowest BCUT2D eigenvalue weighted by atomic mass is 10.2. The van der Waals surface area contributed by atoms with Crippen molar-refractivity contribution in [2.24, 2.45) is 0 Å². The monoisotopic (exact) mass is 205 g/mol. The number of rotatable bonds is 6. The molecule has 0 amide bonds. The number of ether oxygens (including phenoxy) is 1. The Hall–Kier alpha value is -1.31. The molecule has 0 heterocycles. The Bertz CT molecular complexity index is 280. The van der Waals surface area contributed by atoms with Gasteiger partial charge in [0.25, 0.3) is 0 Å². The first-order chi connectivity index (χ1) is 7.33. The fourth-order valence-electron chi connectivity index (χ4n) is 1.27. The molecule has 1 aromatic rings. The number of esters is 1. The minimum Gasteiger partial charge on any atom is -0.465 e. The Morgan fingerprint density at radius 3 is 2.67 bits per heavy atom. The fourth-order valence-corrected chi connectivity index (χ4v) is 1.27. The van der Waals surface area contributed by atoms with Crippen molar-refractivity contribution < 1.29 is 9.53 Å². The van der Waals surface area contributed by atoms with Crippen LogP contribution in [0.25, 0.3) is 0 Å². The zero-order chi connectivity index (χ0) is 10.9. The van der Waals surface area contributed by atoms with Gasteiger partial charge in [0.2, 0.25) is 0 Å². The summed E-state index contributed by atoms with van der Waals surface area (Å²) in [6.07, 6.45) is 2.87. The van der Waals surface area contributed by atoms with E-state index in [0.29, 0.717) is 13.0 Å². The van der Waals surface area contributed by atoms with Crippen molar-refractivity contribution in [3.8, 4) is 0 Å². The number of carbonyl (C=O) groups is 1. The van der Waals surface area contributed by atoms with E-state index < -0.39 is 0 Å². The minimum atomic E-state index is -0.116. The van der Waals surface area contributed by atoms with E-state index in [2.05, 4.69) is 6.92 Å². The predicted molar refractivity (Wildman–Crippen MR) is 60.3 cm³/mol. The topological polar surface area (TPSA) is 26.3 Å². The molecule has 1 radical (unpaired) electrons. The average Bonchev–Trinajstić information content (AvgIpc) is 2.28. The summed E-state index contributed by atoms with van der Waals surface area (Å²) in [6, 6.07) is 10.0. The van der Waals surface area contributed by atoms with E-state index in [9.17, 15) is 4.79 Å². The molecule has 0 aromatic heterocycles. The SMILES string of the molecule is [CH2]CCCC(=O)OCCc1ccccc1. The fraction of sp³-hybridized carbons (Fsp3) is 0.385. The van der Waals surface area contributed by atoms with Gasteiger partial charge in [-0.2, -0.15) is 0 Å². The highest BCUT2D eigenvalue weighted by Crippen LogP contribution is 2.01. The maximum atomic E-state index is 11.1. The Balaban J connectivity index is 2.14. The van der Waals surface area contributed by atoms with Crippen LogP contribution in [0.3, 0.4) is 0 Å². The van der Waals surface area contributed by atoms with Crippen molar-refractivity contribution >= 4 is 5.97 Å². The van der Waals surface area contributed by atoms with Crippen LogP contribution >= 0.6 is 0 Å². The highest BCUT2D eigenvalue weighted by molar-refractivity contribution is 5.69. The quantitative estimate of drug-likeness (QED) is 0.667. The van der Waals surface area contributed by atoms with Crippen LogP contribution in [0.2, 0.25) is 0 Å². The van der Waals surface area contributed by atoms with E-state index in [1.807, 2.05) is 30.3 Å². The zero-order valence-corrected chi connectivity index (χ0v) is 8.95. The predicted octanol–water partition coefficient (Wildman–Crippen LogP) is 2.78. The molecule has 0 aliphatic carbocycles. The van der Waals surface area contributed by atoms with Crippen LogP contribution in [-0.4, -0.2) is 12.6 Å². The van der Waals surface area contributed by atoms with Crippen molar-refractivity contribution in [3.05, 3.63) is 42.8 Å². The molecular weight excluding hydrogens is 188 g/mol. The maximum absolute atomic E-state index is 11.1. The van der Waals surface area contributed by atoms with Crippen LogP contribution in [0, 0.1) is 6.92 Å². The maximum Gasteiger partial charge on any atom is 0.305 e. The molecule has 15 heavy (non-hydrogen) atoms. The van der Waals surface area contributed by atoms with Gasteiger partial charge in [-0.05, 0) is 12.0 Å². The van der Waals surface area contributed by atoms with Crippen molar-refractivity contribution in [1.29, 1.82) is 0 Å². The summed E-state index contributed by atoms with van der Waals surface area (Å²) in [6.45, 7) is 4.15. The molecule has 0 spiro atoms. The van der Waals surface area contributed by atoms with Gasteiger partial charge in [0, 0.05) is 12.8 Å². The molecule has 1 aromatic carbocycles. The molecule has 0 saturated heterocycles. The second-order valence-electron chi connectivity index (χ2n) is 3.41. The molecule has 1 rings (SSSR count). The van der Waals surface area contributed by atoms with Crippen LogP contribution in [0.4, 0.5) is 0 Å². The Labute approximate surface area is 91.3 Å². The molecule has 0 saturated carbocycles. The van der Waals surface area contributed by atoms with Gasteiger partial charge in [-0.25, -0.2) is 0 Å². The lowest BCUT2D eigenvalue weighted by Gasteiger charge is -2.04. The Morgan fingerprint density at radius 1 is 1.27 bits per heavy atom. The summed E-state index contributed by atoms with van der Waals surface area (Å²) in [7, 11) is 0. The van der Waals surface area contributed by atoms with E-state index in [1.165, 1.54) is 5.56 Å². The summed E-state index contributed by atoms with van der Waals surface area (Å²) in [5.41, 5.74) is 1.20. The highest BCUT2D eigenvalue weighted by atomic mass is 16.5. The summed E-state index contributed by atoms with van der Waals surface area (Å²) in [4.78, 5) is 11.1. The van der Waals surface area contributed by atoms with Gasteiger partial charge in [-0.3, -0.25) is 4.79 Å². The second kappa shape index (κ2) is 7.04. The molecule has 0 aliphatic rings. The van der Waals surface area contributed by atoms with E-state index in [-0.39, 0.29) is 5.97 Å². The van der Waals surface area contributed by atoms with Crippen molar-refractivity contribution in [1.82, 2.24) is 0 Å². The summed E-state index contributed by atoms with van der Waals surface area (Å²) in [5.74, 6) is -0.116. The molecule has 2 nitrogen and oxygen atoms in total. The molecular formula is C13H17O2. The van der Waals surface area contributed by atoms with Crippen molar-refractivity contribution in [2.45, 2.75) is 25.7 Å². The first-order valence-corrected chi connectivity index (χ1v) is 5.31. The third-order valence-electron chi connectivity index (χ3n) is 2.13. The molecule has 2 heteroatoms. The Morgan fingerprint density at radius 2 is 2.00 bits per heavy atom. The van der Waals surface area contributed by atoms with Gasteiger partial charge in [-0.15, -0.1) is 0 Å².